The third-order valence-electron chi connectivity index (χ3n) is 7.98. The van der Waals surface area contributed by atoms with Crippen molar-refractivity contribution in [3.63, 3.8) is 0 Å². The van der Waals surface area contributed by atoms with Crippen LogP contribution >= 0.6 is 0 Å². The van der Waals surface area contributed by atoms with Gasteiger partial charge in [0.1, 0.15) is 0 Å². The number of benzene rings is 1. The summed E-state index contributed by atoms with van der Waals surface area (Å²) in [4.78, 5) is 7.17. The number of ether oxygens (including phenoxy) is 1. The second-order valence-electron chi connectivity index (χ2n) is 9.56. The molecule has 1 spiro atoms. The zero-order valence-electron chi connectivity index (χ0n) is 17.8. The summed E-state index contributed by atoms with van der Waals surface area (Å²) in [5.41, 5.74) is 1.79. The molecule has 2 saturated heterocycles. The lowest BCUT2D eigenvalue weighted by Crippen LogP contribution is -2.69. The number of aliphatic imine (C=N–C) groups is 1. The van der Waals surface area contributed by atoms with Gasteiger partial charge in [-0.25, -0.2) is 0 Å². The van der Waals surface area contributed by atoms with Crippen LogP contribution in [0.3, 0.4) is 0 Å². The number of hydrogen-bond donors (Lipinski definition) is 2. The maximum absolute atomic E-state index is 6.14. The Bertz CT molecular complexity index is 707. The van der Waals surface area contributed by atoms with Gasteiger partial charge in [0.15, 0.2) is 5.96 Å². The number of fused-ring (bicyclic) bond motifs is 2. The van der Waals surface area contributed by atoms with Gasteiger partial charge >= 0.3 is 0 Å². The quantitative estimate of drug-likeness (QED) is 0.606. The Morgan fingerprint density at radius 3 is 2.59 bits per heavy atom. The molecule has 2 aliphatic heterocycles. The van der Waals surface area contributed by atoms with Gasteiger partial charge < -0.3 is 15.4 Å². The van der Waals surface area contributed by atoms with E-state index in [-0.39, 0.29) is 0 Å². The highest BCUT2D eigenvalue weighted by Gasteiger charge is 2.65. The molecule has 5 heteroatoms. The van der Waals surface area contributed by atoms with Gasteiger partial charge in [-0.3, -0.25) is 9.89 Å². The molecule has 2 N–H and O–H groups in total. The Hall–Kier alpha value is -1.59. The van der Waals surface area contributed by atoms with Gasteiger partial charge in [-0.05, 0) is 37.7 Å². The minimum absolute atomic E-state index is 0.373. The van der Waals surface area contributed by atoms with Gasteiger partial charge in [0.2, 0.25) is 0 Å². The highest BCUT2D eigenvalue weighted by Crippen LogP contribution is 2.60. The molecule has 2 saturated carbocycles. The molecule has 1 aromatic rings. The first-order valence-corrected chi connectivity index (χ1v) is 11.7. The molecule has 0 bridgehead atoms. The van der Waals surface area contributed by atoms with Crippen LogP contribution in [0.2, 0.25) is 0 Å². The lowest BCUT2D eigenvalue weighted by atomic mass is 9.54. The zero-order chi connectivity index (χ0) is 19.7. The van der Waals surface area contributed by atoms with Crippen LogP contribution in [0, 0.1) is 11.3 Å². The van der Waals surface area contributed by atoms with Crippen LogP contribution < -0.4 is 10.6 Å². The van der Waals surface area contributed by atoms with Gasteiger partial charge in [0.25, 0.3) is 0 Å². The number of nitrogens with zero attached hydrogens (tertiary/aromatic N) is 2. The van der Waals surface area contributed by atoms with Crippen LogP contribution in [0.15, 0.2) is 35.3 Å². The number of nitrogens with one attached hydrogen (secondary N) is 2. The van der Waals surface area contributed by atoms with Crippen LogP contribution in [0.5, 0.6) is 0 Å². The average Bonchev–Trinajstić information content (AvgIpc) is 3.42. The Morgan fingerprint density at radius 2 is 1.86 bits per heavy atom. The topological polar surface area (TPSA) is 48.9 Å². The standard InChI is InChI=1S/C24H36N4O/c1-25-23(27-21-20-11-16-29-22(20)24(21)12-5-6-13-24)26-19-9-14-28(15-10-19)17-18-7-3-2-4-8-18/h2-4,7-8,19-22H,5-6,9-17H2,1H3,(H2,25,26,27). The van der Waals surface area contributed by atoms with E-state index in [9.17, 15) is 0 Å². The lowest BCUT2D eigenvalue weighted by Gasteiger charge is -2.57. The summed E-state index contributed by atoms with van der Waals surface area (Å²) in [5.74, 6) is 1.69. The first-order valence-electron chi connectivity index (χ1n) is 11.7. The van der Waals surface area contributed by atoms with E-state index in [1.807, 2.05) is 7.05 Å². The van der Waals surface area contributed by atoms with Crippen molar-refractivity contribution in [3.8, 4) is 0 Å². The summed E-state index contributed by atoms with van der Waals surface area (Å²) in [6, 6.07) is 11.9. The predicted octanol–water partition coefficient (Wildman–Crippen LogP) is 3.16. The minimum atomic E-state index is 0.373. The molecule has 3 atom stereocenters. The van der Waals surface area contributed by atoms with E-state index in [1.54, 1.807) is 0 Å². The highest BCUT2D eigenvalue weighted by molar-refractivity contribution is 5.80. The number of rotatable bonds is 4. The van der Waals surface area contributed by atoms with E-state index in [0.717, 1.165) is 32.2 Å². The summed E-state index contributed by atoms with van der Waals surface area (Å²) in [7, 11) is 1.92. The van der Waals surface area contributed by atoms with Crippen molar-refractivity contribution in [3.05, 3.63) is 35.9 Å². The van der Waals surface area contributed by atoms with Crippen molar-refractivity contribution < 1.29 is 4.74 Å². The van der Waals surface area contributed by atoms with Gasteiger partial charge in [0, 0.05) is 56.7 Å². The van der Waals surface area contributed by atoms with Gasteiger partial charge in [-0.2, -0.15) is 0 Å². The smallest absolute Gasteiger partial charge is 0.191 e. The van der Waals surface area contributed by atoms with E-state index >= 15 is 0 Å². The summed E-state index contributed by atoms with van der Waals surface area (Å²) >= 11 is 0. The van der Waals surface area contributed by atoms with Crippen LogP contribution in [-0.2, 0) is 11.3 Å². The highest BCUT2D eigenvalue weighted by atomic mass is 16.5. The Morgan fingerprint density at radius 1 is 1.10 bits per heavy atom. The van der Waals surface area contributed by atoms with E-state index in [0.29, 0.717) is 29.5 Å². The molecular weight excluding hydrogens is 360 g/mol. The third-order valence-corrected chi connectivity index (χ3v) is 7.98. The maximum Gasteiger partial charge on any atom is 0.191 e. The van der Waals surface area contributed by atoms with Crippen LogP contribution in [0.25, 0.3) is 0 Å². The second kappa shape index (κ2) is 8.27. The Labute approximate surface area is 175 Å². The number of hydrogen-bond acceptors (Lipinski definition) is 3. The monoisotopic (exact) mass is 396 g/mol. The van der Waals surface area contributed by atoms with E-state index in [4.69, 9.17) is 4.74 Å². The molecule has 0 aromatic heterocycles. The SMILES string of the molecule is CN=C(NC1CCN(Cc2ccccc2)CC1)NC1C2CCOC2C12CCCC2. The molecule has 2 heterocycles. The number of piperidine rings is 1. The van der Waals surface area contributed by atoms with Crippen molar-refractivity contribution in [1.82, 2.24) is 15.5 Å². The fourth-order valence-corrected chi connectivity index (χ4v) is 6.49. The van der Waals surface area contributed by atoms with Crippen LogP contribution in [0.4, 0.5) is 0 Å². The molecule has 158 valence electrons. The third kappa shape index (κ3) is 3.68. The Kier molecular flexibility index (Phi) is 5.53. The minimum Gasteiger partial charge on any atom is -0.377 e. The van der Waals surface area contributed by atoms with E-state index in [2.05, 4.69) is 50.9 Å². The van der Waals surface area contributed by atoms with Crippen molar-refractivity contribution >= 4 is 5.96 Å². The fraction of sp³-hybridized carbons (Fsp3) is 0.708. The maximum atomic E-state index is 6.14. The van der Waals surface area contributed by atoms with E-state index < -0.39 is 0 Å². The second-order valence-corrected chi connectivity index (χ2v) is 9.56. The molecule has 5 nitrogen and oxygen atoms in total. The van der Waals surface area contributed by atoms with E-state index in [1.165, 1.54) is 50.5 Å². The summed E-state index contributed by atoms with van der Waals surface area (Å²) < 4.78 is 6.14. The van der Waals surface area contributed by atoms with Crippen molar-refractivity contribution in [2.45, 2.75) is 69.7 Å². The summed E-state index contributed by atoms with van der Waals surface area (Å²) in [6.07, 6.45) is 9.42. The molecule has 4 fully saturated rings. The summed E-state index contributed by atoms with van der Waals surface area (Å²) in [5, 5.41) is 7.60. The van der Waals surface area contributed by atoms with Gasteiger partial charge in [-0.1, -0.05) is 43.2 Å². The molecule has 5 rings (SSSR count). The molecule has 4 aliphatic rings. The lowest BCUT2D eigenvalue weighted by molar-refractivity contribution is -0.125. The molecule has 0 amide bonds. The number of guanidine groups is 1. The molecule has 1 aromatic carbocycles. The van der Waals surface area contributed by atoms with Crippen molar-refractivity contribution in [1.29, 1.82) is 0 Å². The molecule has 29 heavy (non-hydrogen) atoms. The number of likely N-dealkylation sites (tertiary alicyclic amines) is 1. The molecule has 2 aliphatic carbocycles. The van der Waals surface area contributed by atoms with Gasteiger partial charge in [-0.15, -0.1) is 0 Å². The van der Waals surface area contributed by atoms with Crippen molar-refractivity contribution in [2.24, 2.45) is 16.3 Å². The van der Waals surface area contributed by atoms with Crippen LogP contribution in [-0.4, -0.2) is 55.8 Å². The molecular formula is C24H36N4O. The van der Waals surface area contributed by atoms with Crippen molar-refractivity contribution in [2.75, 3.05) is 26.7 Å². The summed E-state index contributed by atoms with van der Waals surface area (Å²) in [6.45, 7) is 4.31. The largest absolute Gasteiger partial charge is 0.377 e. The average molecular weight is 397 g/mol. The first-order chi connectivity index (χ1) is 14.3. The Balaban J connectivity index is 1.14. The van der Waals surface area contributed by atoms with Crippen LogP contribution in [0.1, 0.15) is 50.5 Å². The molecule has 3 unspecified atom stereocenters. The first kappa shape index (κ1) is 19.4. The zero-order valence-corrected chi connectivity index (χ0v) is 17.8. The van der Waals surface area contributed by atoms with Gasteiger partial charge in [0.05, 0.1) is 6.10 Å². The fourth-order valence-electron chi connectivity index (χ4n) is 6.49. The predicted molar refractivity (Wildman–Crippen MR) is 117 cm³/mol. The normalized spacial score (nSPS) is 32.2. The molecule has 0 radical (unpaired) electrons.